The van der Waals surface area contributed by atoms with Crippen molar-refractivity contribution in [1.82, 2.24) is 9.88 Å². The van der Waals surface area contributed by atoms with Crippen LogP contribution in [0.1, 0.15) is 37.1 Å². The van der Waals surface area contributed by atoms with Gasteiger partial charge in [0.1, 0.15) is 5.75 Å². The average molecular weight is 295 g/mol. The maximum atomic E-state index is 5.60. The summed E-state index contributed by atoms with van der Waals surface area (Å²) >= 11 is 4.96. The average Bonchev–Trinajstić information content (AvgIpc) is 2.36. The molecule has 0 saturated carbocycles. The predicted octanol–water partition coefficient (Wildman–Crippen LogP) is 2.59. The van der Waals surface area contributed by atoms with Crippen molar-refractivity contribution >= 4 is 17.2 Å². The van der Waals surface area contributed by atoms with Gasteiger partial charge in [-0.3, -0.25) is 9.88 Å². The monoisotopic (exact) mass is 295 g/mol. The Morgan fingerprint density at radius 2 is 2.10 bits per heavy atom. The summed E-state index contributed by atoms with van der Waals surface area (Å²) in [6.07, 6.45) is 2.60. The molecule has 0 saturated heterocycles. The van der Waals surface area contributed by atoms with Gasteiger partial charge < -0.3 is 10.5 Å². The van der Waals surface area contributed by atoms with Crippen LogP contribution >= 0.6 is 12.2 Å². The van der Waals surface area contributed by atoms with E-state index in [1.807, 2.05) is 13.1 Å². The van der Waals surface area contributed by atoms with Crippen molar-refractivity contribution in [3.8, 4) is 5.75 Å². The van der Waals surface area contributed by atoms with E-state index in [-0.39, 0.29) is 0 Å². The second-order valence-electron chi connectivity index (χ2n) is 5.33. The van der Waals surface area contributed by atoms with Crippen molar-refractivity contribution in [3.05, 3.63) is 23.0 Å². The van der Waals surface area contributed by atoms with Crippen LogP contribution in [0.4, 0.5) is 0 Å². The van der Waals surface area contributed by atoms with Gasteiger partial charge in [-0.2, -0.15) is 0 Å². The second-order valence-corrected chi connectivity index (χ2v) is 5.85. The lowest BCUT2D eigenvalue weighted by Gasteiger charge is -2.27. The fourth-order valence-corrected chi connectivity index (χ4v) is 2.29. The van der Waals surface area contributed by atoms with Gasteiger partial charge in [0.2, 0.25) is 0 Å². The quantitative estimate of drug-likeness (QED) is 0.784. The normalized spacial score (nSPS) is 11.2. The summed E-state index contributed by atoms with van der Waals surface area (Å²) in [4.78, 5) is 7.43. The molecule has 0 radical (unpaired) electrons. The maximum absolute atomic E-state index is 5.60. The number of thiocarbonyl (C=S) groups is 1. The Labute approximate surface area is 127 Å². The van der Waals surface area contributed by atoms with Crippen LogP contribution in [0.15, 0.2) is 6.20 Å². The number of pyridine rings is 1. The molecule has 0 aliphatic carbocycles. The molecule has 0 bridgehead atoms. The summed E-state index contributed by atoms with van der Waals surface area (Å²) < 4.78 is 5.46. The number of hydrogen-bond donors (Lipinski definition) is 1. The summed E-state index contributed by atoms with van der Waals surface area (Å²) in [6, 6.07) is 0.415. The highest BCUT2D eigenvalue weighted by Gasteiger charge is 2.15. The van der Waals surface area contributed by atoms with E-state index in [0.29, 0.717) is 11.0 Å². The van der Waals surface area contributed by atoms with E-state index in [1.54, 1.807) is 7.11 Å². The molecule has 1 aromatic rings. The number of nitrogens with zero attached hydrogens (tertiary/aromatic N) is 2. The summed E-state index contributed by atoms with van der Waals surface area (Å²) in [5, 5.41) is 0. The zero-order valence-electron chi connectivity index (χ0n) is 13.1. The van der Waals surface area contributed by atoms with Gasteiger partial charge in [-0.1, -0.05) is 12.2 Å². The standard InChI is InChI=1S/C15H25N3OS/c1-10(2)18(7-6-14(16)20)9-13-12(4)15(19-5)11(3)8-17-13/h8,10H,6-7,9H2,1-5H3,(H2,16,20). The van der Waals surface area contributed by atoms with Crippen LogP contribution < -0.4 is 10.5 Å². The predicted molar refractivity (Wildman–Crippen MR) is 87.2 cm³/mol. The molecule has 1 rings (SSSR count). The summed E-state index contributed by atoms with van der Waals surface area (Å²) in [5.41, 5.74) is 8.81. The van der Waals surface area contributed by atoms with Crippen LogP contribution in [0.2, 0.25) is 0 Å². The molecule has 0 aliphatic rings. The van der Waals surface area contributed by atoms with Gasteiger partial charge in [0.25, 0.3) is 0 Å². The van der Waals surface area contributed by atoms with Gasteiger partial charge in [0.15, 0.2) is 0 Å². The van der Waals surface area contributed by atoms with Crippen LogP contribution in [0.3, 0.4) is 0 Å². The minimum Gasteiger partial charge on any atom is -0.496 e. The number of ether oxygens (including phenoxy) is 1. The number of aromatic nitrogens is 1. The van der Waals surface area contributed by atoms with Crippen molar-refractivity contribution in [1.29, 1.82) is 0 Å². The highest BCUT2D eigenvalue weighted by Crippen LogP contribution is 2.25. The van der Waals surface area contributed by atoms with Crippen molar-refractivity contribution in [2.75, 3.05) is 13.7 Å². The minimum atomic E-state index is 0.415. The Bertz CT molecular complexity index is 474. The lowest BCUT2D eigenvalue weighted by molar-refractivity contribution is 0.216. The molecule has 0 spiro atoms. The molecular weight excluding hydrogens is 270 g/mol. The second kappa shape index (κ2) is 7.55. The Balaban J connectivity index is 2.91. The largest absolute Gasteiger partial charge is 0.496 e. The molecule has 2 N–H and O–H groups in total. The van der Waals surface area contributed by atoms with Gasteiger partial charge in [-0.05, 0) is 27.7 Å². The van der Waals surface area contributed by atoms with Crippen LogP contribution in [0.5, 0.6) is 5.75 Å². The molecule has 0 amide bonds. The van der Waals surface area contributed by atoms with Gasteiger partial charge >= 0.3 is 0 Å². The first-order chi connectivity index (χ1) is 9.36. The van der Waals surface area contributed by atoms with E-state index >= 15 is 0 Å². The lowest BCUT2D eigenvalue weighted by atomic mass is 10.1. The zero-order valence-corrected chi connectivity index (χ0v) is 13.9. The van der Waals surface area contributed by atoms with E-state index in [4.69, 9.17) is 22.7 Å². The van der Waals surface area contributed by atoms with Gasteiger partial charge in [0.05, 0.1) is 17.8 Å². The third-order valence-electron chi connectivity index (χ3n) is 3.48. The highest BCUT2D eigenvalue weighted by molar-refractivity contribution is 7.80. The Kier molecular flexibility index (Phi) is 6.36. The summed E-state index contributed by atoms with van der Waals surface area (Å²) in [7, 11) is 1.70. The van der Waals surface area contributed by atoms with Crippen molar-refractivity contribution in [2.45, 2.75) is 46.7 Å². The number of nitrogens with two attached hydrogens (primary N) is 1. The van der Waals surface area contributed by atoms with Gasteiger partial charge in [0, 0.05) is 42.9 Å². The van der Waals surface area contributed by atoms with E-state index in [0.717, 1.165) is 42.1 Å². The Morgan fingerprint density at radius 1 is 1.45 bits per heavy atom. The number of methoxy groups -OCH3 is 1. The number of rotatable bonds is 7. The molecule has 4 nitrogen and oxygen atoms in total. The molecule has 1 heterocycles. The molecule has 0 atom stereocenters. The summed E-state index contributed by atoms with van der Waals surface area (Å²) in [6.45, 7) is 10.0. The fourth-order valence-electron chi connectivity index (χ4n) is 2.20. The molecule has 1 aromatic heterocycles. The van der Waals surface area contributed by atoms with Gasteiger partial charge in [-0.25, -0.2) is 0 Å². The molecular formula is C15H25N3OS. The smallest absolute Gasteiger partial charge is 0.128 e. The van der Waals surface area contributed by atoms with E-state index in [1.165, 1.54) is 0 Å². The highest BCUT2D eigenvalue weighted by atomic mass is 32.1. The first-order valence-corrected chi connectivity index (χ1v) is 7.29. The Morgan fingerprint density at radius 3 is 2.60 bits per heavy atom. The van der Waals surface area contributed by atoms with Gasteiger partial charge in [-0.15, -0.1) is 0 Å². The van der Waals surface area contributed by atoms with E-state index < -0.39 is 0 Å². The molecule has 0 aliphatic heterocycles. The van der Waals surface area contributed by atoms with Crippen molar-refractivity contribution < 1.29 is 4.74 Å². The maximum Gasteiger partial charge on any atom is 0.128 e. The summed E-state index contributed by atoms with van der Waals surface area (Å²) in [5.74, 6) is 0.924. The SMILES string of the molecule is COc1c(C)cnc(CN(CCC(N)=S)C(C)C)c1C. The van der Waals surface area contributed by atoms with E-state index in [2.05, 4.69) is 30.7 Å². The molecule has 20 heavy (non-hydrogen) atoms. The lowest BCUT2D eigenvalue weighted by Crippen LogP contribution is -2.33. The topological polar surface area (TPSA) is 51.4 Å². The van der Waals surface area contributed by atoms with Crippen molar-refractivity contribution in [2.24, 2.45) is 5.73 Å². The first kappa shape index (κ1) is 16.9. The van der Waals surface area contributed by atoms with Crippen LogP contribution in [0.25, 0.3) is 0 Å². The molecule has 5 heteroatoms. The van der Waals surface area contributed by atoms with Crippen LogP contribution in [-0.4, -0.2) is 34.6 Å². The van der Waals surface area contributed by atoms with E-state index in [9.17, 15) is 0 Å². The minimum absolute atomic E-state index is 0.415. The fraction of sp³-hybridized carbons (Fsp3) is 0.600. The first-order valence-electron chi connectivity index (χ1n) is 6.88. The zero-order chi connectivity index (χ0) is 15.3. The van der Waals surface area contributed by atoms with Crippen LogP contribution in [-0.2, 0) is 6.54 Å². The number of hydrogen-bond acceptors (Lipinski definition) is 4. The third kappa shape index (κ3) is 4.42. The third-order valence-corrected chi connectivity index (χ3v) is 3.68. The molecule has 0 aromatic carbocycles. The van der Waals surface area contributed by atoms with Crippen LogP contribution in [0, 0.1) is 13.8 Å². The Hall–Kier alpha value is -1.20. The molecule has 0 unspecified atom stereocenters. The van der Waals surface area contributed by atoms with Crippen molar-refractivity contribution in [3.63, 3.8) is 0 Å². The molecule has 0 fully saturated rings. The number of aryl methyl sites for hydroxylation is 1. The molecule has 112 valence electrons.